The summed E-state index contributed by atoms with van der Waals surface area (Å²) >= 11 is 1.50. The molecule has 4 rings (SSSR count). The minimum atomic E-state index is -0.413. The van der Waals surface area contributed by atoms with Crippen molar-refractivity contribution >= 4 is 28.9 Å². The van der Waals surface area contributed by atoms with Gasteiger partial charge >= 0.3 is 5.97 Å². The first-order valence-corrected chi connectivity index (χ1v) is 9.74. The molecule has 2 aromatic rings. The van der Waals surface area contributed by atoms with Gasteiger partial charge in [0.25, 0.3) is 5.91 Å². The largest absolute Gasteiger partial charge is 0.451 e. The predicted molar refractivity (Wildman–Crippen MR) is 101 cm³/mol. The number of esters is 1. The van der Waals surface area contributed by atoms with Crippen molar-refractivity contribution in [3.63, 3.8) is 0 Å². The number of amides is 1. The summed E-state index contributed by atoms with van der Waals surface area (Å²) in [6.45, 7) is 0.251. The summed E-state index contributed by atoms with van der Waals surface area (Å²) in [4.78, 5) is 26.4. The zero-order valence-electron chi connectivity index (χ0n) is 14.4. The maximum atomic E-state index is 12.3. The molecule has 2 aliphatic rings. The van der Waals surface area contributed by atoms with Gasteiger partial charge in [-0.1, -0.05) is 30.3 Å². The van der Waals surface area contributed by atoms with Crippen LogP contribution in [-0.2, 0) is 22.4 Å². The Morgan fingerprint density at radius 1 is 1.12 bits per heavy atom. The van der Waals surface area contributed by atoms with E-state index in [4.69, 9.17) is 4.74 Å². The number of hydrogen-bond donors (Lipinski definition) is 0. The minimum absolute atomic E-state index is 0.271. The van der Waals surface area contributed by atoms with Crippen molar-refractivity contribution in [2.45, 2.75) is 32.1 Å². The maximum absolute atomic E-state index is 12.3. The van der Waals surface area contributed by atoms with E-state index < -0.39 is 5.97 Å². The Labute approximate surface area is 156 Å². The van der Waals surface area contributed by atoms with E-state index in [-0.39, 0.29) is 12.5 Å². The van der Waals surface area contributed by atoms with Crippen LogP contribution >= 0.6 is 11.3 Å². The molecule has 6 heteroatoms. The Morgan fingerprint density at radius 3 is 2.73 bits per heavy atom. The van der Waals surface area contributed by atoms with Crippen LogP contribution in [0.25, 0.3) is 0 Å². The van der Waals surface area contributed by atoms with Crippen LogP contribution in [0, 0.1) is 0 Å². The van der Waals surface area contributed by atoms with Crippen molar-refractivity contribution in [2.75, 3.05) is 13.2 Å². The average Bonchev–Trinajstić information content (AvgIpc) is 3.33. The SMILES string of the molecule is O=C(OCC(=O)N1CCC(c2ccccc2)=N1)c1cc2c(s1)CCCC2. The van der Waals surface area contributed by atoms with Crippen LogP contribution < -0.4 is 0 Å². The van der Waals surface area contributed by atoms with Gasteiger partial charge in [-0.2, -0.15) is 5.10 Å². The lowest BCUT2D eigenvalue weighted by molar-refractivity contribution is -0.134. The molecule has 0 saturated heterocycles. The van der Waals surface area contributed by atoms with Gasteiger partial charge in [-0.25, -0.2) is 9.80 Å². The van der Waals surface area contributed by atoms with Crippen LogP contribution in [0.5, 0.6) is 0 Å². The maximum Gasteiger partial charge on any atom is 0.348 e. The molecular weight excluding hydrogens is 348 g/mol. The number of carbonyl (C=O) groups excluding carboxylic acids is 2. The van der Waals surface area contributed by atoms with Crippen LogP contribution in [-0.4, -0.2) is 35.7 Å². The molecule has 5 nitrogen and oxygen atoms in total. The Bertz CT molecular complexity index is 834. The molecule has 1 aromatic heterocycles. The number of carbonyl (C=O) groups is 2. The molecule has 0 fully saturated rings. The van der Waals surface area contributed by atoms with Crippen molar-refractivity contribution in [2.24, 2.45) is 5.10 Å². The normalized spacial score (nSPS) is 16.2. The first-order valence-electron chi connectivity index (χ1n) is 8.92. The number of hydrogen-bond acceptors (Lipinski definition) is 5. The van der Waals surface area contributed by atoms with Gasteiger partial charge in [-0.15, -0.1) is 11.3 Å². The van der Waals surface area contributed by atoms with E-state index in [1.54, 1.807) is 0 Å². The van der Waals surface area contributed by atoms with Gasteiger partial charge in [-0.05, 0) is 42.9 Å². The summed E-state index contributed by atoms with van der Waals surface area (Å²) < 4.78 is 5.23. The number of thiophene rings is 1. The molecule has 0 unspecified atom stereocenters. The number of fused-ring (bicyclic) bond motifs is 1. The second kappa shape index (κ2) is 7.41. The highest BCUT2D eigenvalue weighted by atomic mass is 32.1. The molecule has 1 aromatic carbocycles. The number of ether oxygens (including phenoxy) is 1. The number of benzene rings is 1. The Kier molecular flexibility index (Phi) is 4.84. The lowest BCUT2D eigenvalue weighted by Gasteiger charge is -2.11. The van der Waals surface area contributed by atoms with Crippen LogP contribution in [0.3, 0.4) is 0 Å². The van der Waals surface area contributed by atoms with Gasteiger partial charge in [0, 0.05) is 11.3 Å². The van der Waals surface area contributed by atoms with Crippen molar-refractivity contribution in [3.05, 3.63) is 57.3 Å². The van der Waals surface area contributed by atoms with Gasteiger partial charge in [0.1, 0.15) is 4.88 Å². The van der Waals surface area contributed by atoms with E-state index in [9.17, 15) is 9.59 Å². The molecule has 1 aliphatic carbocycles. The van der Waals surface area contributed by atoms with Crippen LogP contribution in [0.1, 0.15) is 44.9 Å². The van der Waals surface area contributed by atoms with Gasteiger partial charge in [0.05, 0.1) is 12.3 Å². The van der Waals surface area contributed by atoms with Crippen molar-refractivity contribution in [1.82, 2.24) is 5.01 Å². The van der Waals surface area contributed by atoms with Gasteiger partial charge < -0.3 is 4.74 Å². The Balaban J connectivity index is 1.35. The molecule has 0 N–H and O–H groups in total. The van der Waals surface area contributed by atoms with Gasteiger partial charge in [-0.3, -0.25) is 4.79 Å². The molecule has 2 heterocycles. The fourth-order valence-corrected chi connectivity index (χ4v) is 4.48. The first-order chi connectivity index (χ1) is 12.7. The predicted octanol–water partition coefficient (Wildman–Crippen LogP) is 3.42. The van der Waals surface area contributed by atoms with Crippen LogP contribution in [0.15, 0.2) is 41.5 Å². The molecule has 1 amide bonds. The first kappa shape index (κ1) is 17.0. The number of nitrogens with zero attached hydrogens (tertiary/aromatic N) is 2. The van der Waals surface area contributed by atoms with Gasteiger partial charge in [0.2, 0.25) is 0 Å². The highest BCUT2D eigenvalue weighted by molar-refractivity contribution is 7.14. The summed E-state index contributed by atoms with van der Waals surface area (Å²) in [6, 6.07) is 11.7. The summed E-state index contributed by atoms with van der Waals surface area (Å²) in [5.74, 6) is -0.699. The Morgan fingerprint density at radius 2 is 1.92 bits per heavy atom. The highest BCUT2D eigenvalue weighted by Gasteiger charge is 2.24. The number of aryl methyl sites for hydroxylation is 2. The molecular formula is C20H20N2O3S. The summed E-state index contributed by atoms with van der Waals surface area (Å²) in [5.41, 5.74) is 3.16. The van der Waals surface area contributed by atoms with E-state index >= 15 is 0 Å². The fraction of sp³-hybridized carbons (Fsp3) is 0.350. The molecule has 0 spiro atoms. The van der Waals surface area contributed by atoms with E-state index in [1.807, 2.05) is 36.4 Å². The molecule has 134 valence electrons. The van der Waals surface area contributed by atoms with Crippen LogP contribution in [0.2, 0.25) is 0 Å². The Hall–Kier alpha value is -2.47. The smallest absolute Gasteiger partial charge is 0.348 e. The molecule has 0 saturated carbocycles. The third kappa shape index (κ3) is 3.55. The molecule has 0 bridgehead atoms. The monoisotopic (exact) mass is 368 g/mol. The van der Waals surface area contributed by atoms with Crippen molar-refractivity contribution in [3.8, 4) is 0 Å². The molecule has 0 atom stereocenters. The second-order valence-corrected chi connectivity index (χ2v) is 7.66. The number of rotatable bonds is 4. The fourth-order valence-electron chi connectivity index (χ4n) is 3.33. The third-order valence-corrected chi connectivity index (χ3v) is 5.94. The van der Waals surface area contributed by atoms with E-state index in [0.717, 1.165) is 24.1 Å². The van der Waals surface area contributed by atoms with Crippen molar-refractivity contribution < 1.29 is 14.3 Å². The lowest BCUT2D eigenvalue weighted by atomic mass is 9.99. The van der Waals surface area contributed by atoms with Gasteiger partial charge in [0.15, 0.2) is 6.61 Å². The molecule has 0 radical (unpaired) electrons. The minimum Gasteiger partial charge on any atom is -0.451 e. The summed E-state index contributed by atoms with van der Waals surface area (Å²) in [5, 5.41) is 5.77. The third-order valence-electron chi connectivity index (χ3n) is 4.72. The second-order valence-electron chi connectivity index (χ2n) is 6.52. The van der Waals surface area contributed by atoms with Crippen molar-refractivity contribution in [1.29, 1.82) is 0 Å². The zero-order chi connectivity index (χ0) is 17.9. The summed E-state index contributed by atoms with van der Waals surface area (Å²) in [6.07, 6.45) is 5.13. The van der Waals surface area contributed by atoms with Crippen LogP contribution in [0.4, 0.5) is 0 Å². The van der Waals surface area contributed by atoms with E-state index in [0.29, 0.717) is 17.8 Å². The molecule has 1 aliphatic heterocycles. The average molecular weight is 368 g/mol. The van der Waals surface area contributed by atoms with E-state index in [1.165, 1.54) is 39.6 Å². The highest BCUT2D eigenvalue weighted by Crippen LogP contribution is 2.30. The van der Waals surface area contributed by atoms with E-state index in [2.05, 4.69) is 5.10 Å². The molecule has 26 heavy (non-hydrogen) atoms. The number of hydrazone groups is 1. The lowest BCUT2D eigenvalue weighted by Crippen LogP contribution is -2.28. The quantitative estimate of drug-likeness (QED) is 0.777. The topological polar surface area (TPSA) is 59.0 Å². The zero-order valence-corrected chi connectivity index (χ0v) is 15.3. The standard InChI is InChI=1S/C20H20N2O3S/c23-19(22-11-10-16(21-22)14-6-2-1-3-7-14)13-25-20(24)18-12-15-8-4-5-9-17(15)26-18/h1-3,6-7,12H,4-5,8-11,13H2. The summed E-state index contributed by atoms with van der Waals surface area (Å²) in [7, 11) is 0.